The van der Waals surface area contributed by atoms with Crippen molar-refractivity contribution in [3.63, 3.8) is 0 Å². The molecule has 0 aromatic heterocycles. The molecule has 1 saturated carbocycles. The van der Waals surface area contributed by atoms with E-state index >= 15 is 0 Å². The first-order valence-electron chi connectivity index (χ1n) is 9.91. The zero-order valence-corrected chi connectivity index (χ0v) is 15.4. The molecular formula is C21H28N2O3. The average Bonchev–Trinajstić information content (AvgIpc) is 3.37. The van der Waals surface area contributed by atoms with Gasteiger partial charge in [-0.2, -0.15) is 0 Å². The summed E-state index contributed by atoms with van der Waals surface area (Å²) in [6.45, 7) is 3.51. The second-order valence-corrected chi connectivity index (χ2v) is 8.06. The van der Waals surface area contributed by atoms with Crippen molar-refractivity contribution in [3.05, 3.63) is 30.3 Å². The van der Waals surface area contributed by atoms with E-state index < -0.39 is 0 Å². The van der Waals surface area contributed by atoms with Crippen molar-refractivity contribution in [2.24, 2.45) is 11.3 Å². The average molecular weight is 356 g/mol. The normalized spacial score (nSPS) is 25.8. The zero-order chi connectivity index (χ0) is 18.0. The standard InChI is InChI=1S/C21H28N2O3/c24-19(9-14-26-18-5-2-1-3-6-18)23-13-11-21(16-23)10-4-12-22(20(21)25)15-17-7-8-17/h1-3,5-6,17H,4,7-16H2/t21-/m1/s1. The van der Waals surface area contributed by atoms with Crippen LogP contribution in [-0.2, 0) is 9.59 Å². The molecule has 1 aromatic rings. The number of amides is 2. The molecule has 2 amide bonds. The van der Waals surface area contributed by atoms with Crippen molar-refractivity contribution < 1.29 is 14.3 Å². The topological polar surface area (TPSA) is 49.9 Å². The smallest absolute Gasteiger partial charge is 0.230 e. The molecule has 5 nitrogen and oxygen atoms in total. The van der Waals surface area contributed by atoms with Crippen LogP contribution in [-0.4, -0.2) is 54.4 Å². The third kappa shape index (κ3) is 3.71. The van der Waals surface area contributed by atoms with Crippen LogP contribution in [0.5, 0.6) is 5.75 Å². The first kappa shape index (κ1) is 17.4. The molecule has 26 heavy (non-hydrogen) atoms. The van der Waals surface area contributed by atoms with E-state index in [9.17, 15) is 9.59 Å². The number of carbonyl (C=O) groups is 2. The second-order valence-electron chi connectivity index (χ2n) is 8.06. The van der Waals surface area contributed by atoms with Crippen LogP contribution in [0.3, 0.4) is 0 Å². The van der Waals surface area contributed by atoms with Crippen LogP contribution in [0.15, 0.2) is 30.3 Å². The largest absolute Gasteiger partial charge is 0.493 e. The number of hydrogen-bond acceptors (Lipinski definition) is 3. The monoisotopic (exact) mass is 356 g/mol. The molecule has 0 N–H and O–H groups in total. The summed E-state index contributed by atoms with van der Waals surface area (Å²) in [5.41, 5.74) is -0.316. The van der Waals surface area contributed by atoms with E-state index in [1.165, 1.54) is 12.8 Å². The molecule has 0 unspecified atom stereocenters. The van der Waals surface area contributed by atoms with E-state index in [4.69, 9.17) is 4.74 Å². The Morgan fingerprint density at radius 3 is 2.73 bits per heavy atom. The SMILES string of the molecule is O=C(CCOc1ccccc1)N1CC[C@]2(CCCN(CC3CC3)C2=O)C1. The maximum absolute atomic E-state index is 13.0. The van der Waals surface area contributed by atoms with E-state index in [1.807, 2.05) is 35.2 Å². The van der Waals surface area contributed by atoms with Gasteiger partial charge < -0.3 is 14.5 Å². The van der Waals surface area contributed by atoms with Crippen LogP contribution in [0.25, 0.3) is 0 Å². The fourth-order valence-corrected chi connectivity index (χ4v) is 4.33. The second kappa shape index (κ2) is 7.29. The highest BCUT2D eigenvalue weighted by Crippen LogP contribution is 2.41. The maximum atomic E-state index is 13.0. The summed E-state index contributed by atoms with van der Waals surface area (Å²) in [7, 11) is 0. The minimum Gasteiger partial charge on any atom is -0.493 e. The Balaban J connectivity index is 1.29. The lowest BCUT2D eigenvalue weighted by atomic mass is 9.78. The Bertz CT molecular complexity index is 658. The molecule has 0 radical (unpaired) electrons. The van der Waals surface area contributed by atoms with E-state index in [0.29, 0.717) is 32.0 Å². The van der Waals surface area contributed by atoms with Crippen LogP contribution < -0.4 is 4.74 Å². The third-order valence-electron chi connectivity index (χ3n) is 6.03. The maximum Gasteiger partial charge on any atom is 0.230 e. The number of ether oxygens (including phenoxy) is 1. The van der Waals surface area contributed by atoms with Crippen LogP contribution in [0.2, 0.25) is 0 Å². The summed E-state index contributed by atoms with van der Waals surface area (Å²) >= 11 is 0. The quantitative estimate of drug-likeness (QED) is 0.787. The fourth-order valence-electron chi connectivity index (χ4n) is 4.33. The van der Waals surface area contributed by atoms with Crippen molar-refractivity contribution in [3.8, 4) is 5.75 Å². The number of nitrogens with zero attached hydrogens (tertiary/aromatic N) is 2. The van der Waals surface area contributed by atoms with Gasteiger partial charge >= 0.3 is 0 Å². The Labute approximate surface area is 155 Å². The lowest BCUT2D eigenvalue weighted by molar-refractivity contribution is -0.146. The van der Waals surface area contributed by atoms with Gasteiger partial charge in [0.25, 0.3) is 0 Å². The van der Waals surface area contributed by atoms with Crippen molar-refractivity contribution in [1.82, 2.24) is 9.80 Å². The predicted molar refractivity (Wildman–Crippen MR) is 98.7 cm³/mol. The lowest BCUT2D eigenvalue weighted by Gasteiger charge is -2.39. The van der Waals surface area contributed by atoms with Crippen molar-refractivity contribution in [1.29, 1.82) is 0 Å². The Kier molecular flexibility index (Phi) is 4.88. The third-order valence-corrected chi connectivity index (χ3v) is 6.03. The van der Waals surface area contributed by atoms with E-state index in [1.54, 1.807) is 0 Å². The number of benzene rings is 1. The molecule has 0 bridgehead atoms. The number of likely N-dealkylation sites (tertiary alicyclic amines) is 2. The zero-order valence-electron chi connectivity index (χ0n) is 15.4. The fraction of sp³-hybridized carbons (Fsp3) is 0.619. The van der Waals surface area contributed by atoms with E-state index in [0.717, 1.165) is 44.0 Å². The van der Waals surface area contributed by atoms with Crippen LogP contribution >= 0.6 is 0 Å². The molecule has 2 saturated heterocycles. The van der Waals surface area contributed by atoms with Gasteiger partial charge in [0.05, 0.1) is 18.4 Å². The molecule has 1 aliphatic carbocycles. The highest BCUT2D eigenvalue weighted by Gasteiger charge is 2.49. The summed E-state index contributed by atoms with van der Waals surface area (Å²) < 4.78 is 5.64. The highest BCUT2D eigenvalue weighted by molar-refractivity contribution is 5.86. The molecule has 3 aliphatic rings. The van der Waals surface area contributed by atoms with Crippen LogP contribution in [0.1, 0.15) is 38.5 Å². The first-order valence-corrected chi connectivity index (χ1v) is 9.91. The minimum atomic E-state index is -0.316. The molecule has 1 atom stereocenters. The summed E-state index contributed by atoms with van der Waals surface area (Å²) in [6, 6.07) is 9.57. The first-order chi connectivity index (χ1) is 12.7. The van der Waals surface area contributed by atoms with Gasteiger partial charge in [-0.1, -0.05) is 18.2 Å². The summed E-state index contributed by atoms with van der Waals surface area (Å²) in [5.74, 6) is 1.91. The molecule has 3 fully saturated rings. The Morgan fingerprint density at radius 2 is 1.96 bits per heavy atom. The van der Waals surface area contributed by atoms with Crippen molar-refractivity contribution in [2.75, 3.05) is 32.8 Å². The lowest BCUT2D eigenvalue weighted by Crippen LogP contribution is -2.51. The van der Waals surface area contributed by atoms with Crippen molar-refractivity contribution in [2.45, 2.75) is 38.5 Å². The molecule has 2 aliphatic heterocycles. The number of hydrogen-bond donors (Lipinski definition) is 0. The van der Waals surface area contributed by atoms with Gasteiger partial charge in [-0.15, -0.1) is 0 Å². The van der Waals surface area contributed by atoms with Gasteiger partial charge in [-0.3, -0.25) is 9.59 Å². The number of carbonyl (C=O) groups excluding carboxylic acids is 2. The minimum absolute atomic E-state index is 0.102. The molecule has 1 aromatic carbocycles. The van der Waals surface area contributed by atoms with E-state index in [-0.39, 0.29) is 11.3 Å². The summed E-state index contributed by atoms with van der Waals surface area (Å²) in [5, 5.41) is 0. The van der Waals surface area contributed by atoms with Gasteiger partial charge in [-0.05, 0) is 50.2 Å². The van der Waals surface area contributed by atoms with Crippen LogP contribution in [0, 0.1) is 11.3 Å². The Hall–Kier alpha value is -2.04. The van der Waals surface area contributed by atoms with Crippen molar-refractivity contribution >= 4 is 11.8 Å². The van der Waals surface area contributed by atoms with Gasteiger partial charge in [0.15, 0.2) is 0 Å². The summed E-state index contributed by atoms with van der Waals surface area (Å²) in [6.07, 6.45) is 5.71. The molecule has 5 heteroatoms. The number of rotatable bonds is 6. The van der Waals surface area contributed by atoms with E-state index in [2.05, 4.69) is 4.90 Å². The Morgan fingerprint density at radius 1 is 1.15 bits per heavy atom. The van der Waals surface area contributed by atoms with Gasteiger partial charge in [0, 0.05) is 26.2 Å². The van der Waals surface area contributed by atoms with Gasteiger partial charge in [0.1, 0.15) is 5.75 Å². The number of para-hydroxylation sites is 1. The van der Waals surface area contributed by atoms with Gasteiger partial charge in [-0.25, -0.2) is 0 Å². The molecule has 4 rings (SSSR count). The molecule has 140 valence electrons. The highest BCUT2D eigenvalue weighted by atomic mass is 16.5. The summed E-state index contributed by atoms with van der Waals surface area (Å²) in [4.78, 5) is 29.6. The predicted octanol–water partition coefficient (Wildman–Crippen LogP) is 2.71. The molecular weight excluding hydrogens is 328 g/mol. The number of piperidine rings is 1. The molecule has 1 spiro atoms. The van der Waals surface area contributed by atoms with Gasteiger partial charge in [0.2, 0.25) is 11.8 Å². The molecule has 2 heterocycles. The van der Waals surface area contributed by atoms with Crippen LogP contribution in [0.4, 0.5) is 0 Å².